The molecule has 0 bridgehead atoms. The van der Waals surface area contributed by atoms with Crippen molar-refractivity contribution in [2.24, 2.45) is 7.05 Å². The number of carbonyl (C=O) groups excluding carboxylic acids is 1. The van der Waals surface area contributed by atoms with E-state index in [0.29, 0.717) is 53.7 Å². The SMILES string of the molecule is CCc1cc(C2CCN(C(C)C)CC2)c2nc(C)cc(N3CCc4c(cc(Cn5ccnc5)cc4-c4cn(C)nc4C(F)(F)F)C3=O)c2c1. The van der Waals surface area contributed by atoms with E-state index in [1.54, 1.807) is 24.8 Å². The van der Waals surface area contributed by atoms with Crippen molar-refractivity contribution in [2.75, 3.05) is 24.5 Å². The van der Waals surface area contributed by atoms with Gasteiger partial charge in [0.1, 0.15) is 0 Å². The number of likely N-dealkylation sites (tertiary alicyclic amines) is 1. The first-order valence-corrected chi connectivity index (χ1v) is 17.1. The lowest BCUT2D eigenvalue weighted by atomic mass is 9.85. The van der Waals surface area contributed by atoms with Crippen LogP contribution in [0.2, 0.25) is 0 Å². The number of alkyl halides is 3. The van der Waals surface area contributed by atoms with Crippen molar-refractivity contribution in [1.29, 1.82) is 0 Å². The molecule has 256 valence electrons. The number of rotatable bonds is 7. The number of hydrogen-bond donors (Lipinski definition) is 0. The van der Waals surface area contributed by atoms with E-state index in [9.17, 15) is 18.0 Å². The van der Waals surface area contributed by atoms with Gasteiger partial charge >= 0.3 is 6.18 Å². The minimum absolute atomic E-state index is 0.0223. The summed E-state index contributed by atoms with van der Waals surface area (Å²) in [5, 5.41) is 4.73. The number of aromatic nitrogens is 5. The number of hydrogen-bond acceptors (Lipinski definition) is 5. The van der Waals surface area contributed by atoms with Crippen molar-refractivity contribution in [3.8, 4) is 11.1 Å². The summed E-state index contributed by atoms with van der Waals surface area (Å²) in [5.74, 6) is 0.146. The van der Waals surface area contributed by atoms with Crippen LogP contribution in [0.25, 0.3) is 22.0 Å². The Kier molecular flexibility index (Phi) is 8.59. The highest BCUT2D eigenvalue weighted by atomic mass is 19.4. The third-order valence-electron chi connectivity index (χ3n) is 10.2. The standard InChI is InChI=1S/C38H42F3N7O/c1-6-25-16-29(27-7-11-47(12-8-27)23(2)3)35-32(17-25)34(15-24(4)43-35)48-13-9-28-30(33-21-45(5)44-36(33)38(39,40)41)18-26(19-31(28)37(48)49)20-46-14-10-42-22-46/h10,14-19,21-23,27H,6-9,11-13,20H2,1-5H3. The van der Waals surface area contributed by atoms with Crippen LogP contribution in [0.15, 0.2) is 55.2 Å². The zero-order chi connectivity index (χ0) is 34.6. The van der Waals surface area contributed by atoms with E-state index in [4.69, 9.17) is 4.98 Å². The van der Waals surface area contributed by atoms with Crippen molar-refractivity contribution in [2.45, 2.75) is 78.1 Å². The number of piperidine rings is 1. The Bertz CT molecular complexity index is 2020. The van der Waals surface area contributed by atoms with Crippen LogP contribution in [0.3, 0.4) is 0 Å². The molecule has 1 saturated heterocycles. The molecule has 3 aromatic heterocycles. The highest BCUT2D eigenvalue weighted by Crippen LogP contribution is 2.42. The molecule has 0 N–H and O–H groups in total. The van der Waals surface area contributed by atoms with E-state index in [2.05, 4.69) is 47.9 Å². The van der Waals surface area contributed by atoms with E-state index < -0.39 is 11.9 Å². The second-order valence-electron chi connectivity index (χ2n) is 13.8. The summed E-state index contributed by atoms with van der Waals surface area (Å²) >= 11 is 0. The molecule has 0 radical (unpaired) electrons. The monoisotopic (exact) mass is 669 g/mol. The fourth-order valence-electron chi connectivity index (χ4n) is 7.70. The van der Waals surface area contributed by atoms with Crippen LogP contribution in [-0.2, 0) is 32.6 Å². The van der Waals surface area contributed by atoms with Crippen LogP contribution in [0.4, 0.5) is 18.9 Å². The average molecular weight is 670 g/mol. The Labute approximate surface area is 284 Å². The molecule has 8 nitrogen and oxygen atoms in total. The van der Waals surface area contributed by atoms with E-state index in [0.717, 1.165) is 54.6 Å². The summed E-state index contributed by atoms with van der Waals surface area (Å²) < 4.78 is 45.8. The van der Waals surface area contributed by atoms with Crippen LogP contribution < -0.4 is 4.90 Å². The molecule has 11 heteroatoms. The number of fused-ring (bicyclic) bond motifs is 2. The largest absolute Gasteiger partial charge is 0.435 e. The average Bonchev–Trinajstić information content (AvgIpc) is 3.74. The van der Waals surface area contributed by atoms with Crippen LogP contribution in [0, 0.1) is 6.92 Å². The summed E-state index contributed by atoms with van der Waals surface area (Å²) in [6.07, 6.45) is 5.20. The molecule has 5 heterocycles. The first-order chi connectivity index (χ1) is 23.4. The normalized spacial score (nSPS) is 16.3. The summed E-state index contributed by atoms with van der Waals surface area (Å²) in [6, 6.07) is 10.6. The molecule has 2 aromatic carbocycles. The molecule has 49 heavy (non-hydrogen) atoms. The molecule has 0 atom stereocenters. The second kappa shape index (κ2) is 12.7. The molecule has 1 fully saturated rings. The van der Waals surface area contributed by atoms with Crippen LogP contribution in [0.1, 0.15) is 83.5 Å². The predicted molar refractivity (Wildman–Crippen MR) is 185 cm³/mol. The topological polar surface area (TPSA) is 72.1 Å². The molecule has 0 unspecified atom stereocenters. The zero-order valence-electron chi connectivity index (χ0n) is 28.7. The molecule has 2 aliphatic heterocycles. The first kappa shape index (κ1) is 33.0. The van der Waals surface area contributed by atoms with E-state index in [-0.39, 0.29) is 11.5 Å². The lowest BCUT2D eigenvalue weighted by Gasteiger charge is -2.35. The van der Waals surface area contributed by atoms with Crippen molar-refractivity contribution in [3.63, 3.8) is 0 Å². The van der Waals surface area contributed by atoms with E-state index in [1.807, 2.05) is 28.5 Å². The fraction of sp³-hybridized carbons (Fsp3) is 0.421. The van der Waals surface area contributed by atoms with Gasteiger partial charge in [-0.15, -0.1) is 0 Å². The van der Waals surface area contributed by atoms with E-state index >= 15 is 0 Å². The van der Waals surface area contributed by atoms with Crippen molar-refractivity contribution >= 4 is 22.5 Å². The zero-order valence-corrected chi connectivity index (χ0v) is 28.7. The Hall–Kier alpha value is -4.51. The summed E-state index contributed by atoms with van der Waals surface area (Å²) in [4.78, 5) is 28.2. The summed E-state index contributed by atoms with van der Waals surface area (Å²) in [5.41, 5.74) is 6.14. The maximum Gasteiger partial charge on any atom is 0.435 e. The number of aryl methyl sites for hydroxylation is 3. The van der Waals surface area contributed by atoms with Crippen molar-refractivity contribution in [1.82, 2.24) is 29.2 Å². The highest BCUT2D eigenvalue weighted by molar-refractivity contribution is 6.13. The molecule has 0 saturated carbocycles. The number of anilines is 1. The lowest BCUT2D eigenvalue weighted by Crippen LogP contribution is -2.38. The Balaban J connectivity index is 1.35. The third kappa shape index (κ3) is 6.24. The Morgan fingerprint density at radius 3 is 2.41 bits per heavy atom. The molecule has 5 aromatic rings. The maximum atomic E-state index is 14.7. The van der Waals surface area contributed by atoms with Gasteiger partial charge in [-0.1, -0.05) is 13.0 Å². The number of pyridine rings is 1. The van der Waals surface area contributed by atoms with Gasteiger partial charge in [-0.05, 0) is 118 Å². The van der Waals surface area contributed by atoms with Gasteiger partial charge in [-0.2, -0.15) is 18.3 Å². The molecular weight excluding hydrogens is 627 g/mol. The number of halogens is 3. The van der Waals surface area contributed by atoms with Gasteiger partial charge in [0.15, 0.2) is 5.69 Å². The van der Waals surface area contributed by atoms with Crippen molar-refractivity contribution in [3.05, 3.63) is 94.5 Å². The second-order valence-corrected chi connectivity index (χ2v) is 13.8. The highest BCUT2D eigenvalue weighted by Gasteiger charge is 2.39. The van der Waals surface area contributed by atoms with Gasteiger partial charge in [0.2, 0.25) is 0 Å². The summed E-state index contributed by atoms with van der Waals surface area (Å²) in [6.45, 7) is 11.4. The molecule has 1 amide bonds. The fourth-order valence-corrected chi connectivity index (χ4v) is 7.70. The number of benzene rings is 2. The van der Waals surface area contributed by atoms with Gasteiger partial charge < -0.3 is 14.4 Å². The minimum atomic E-state index is -4.65. The van der Waals surface area contributed by atoms with Gasteiger partial charge in [0.05, 0.1) is 17.5 Å². The molecule has 0 spiro atoms. The molecule has 7 rings (SSSR count). The molecular formula is C38H42F3N7O. The van der Waals surface area contributed by atoms with Crippen LogP contribution in [-0.4, -0.2) is 60.8 Å². The quantitative estimate of drug-likeness (QED) is 0.179. The lowest BCUT2D eigenvalue weighted by molar-refractivity contribution is -0.141. The van der Waals surface area contributed by atoms with Gasteiger partial charge in [-0.3, -0.25) is 14.5 Å². The van der Waals surface area contributed by atoms with E-state index in [1.165, 1.54) is 29.1 Å². The maximum absolute atomic E-state index is 14.7. The number of carbonyl (C=O) groups is 1. The smallest absolute Gasteiger partial charge is 0.333 e. The summed E-state index contributed by atoms with van der Waals surface area (Å²) in [7, 11) is 1.48. The number of imidazole rings is 1. The Morgan fingerprint density at radius 2 is 1.73 bits per heavy atom. The Morgan fingerprint density at radius 1 is 0.980 bits per heavy atom. The molecule has 2 aliphatic rings. The van der Waals surface area contributed by atoms with Crippen LogP contribution in [0.5, 0.6) is 0 Å². The number of amides is 1. The van der Waals surface area contributed by atoms with Gasteiger partial charge in [0.25, 0.3) is 5.91 Å². The third-order valence-corrected chi connectivity index (χ3v) is 10.2. The van der Waals surface area contributed by atoms with Crippen molar-refractivity contribution < 1.29 is 18.0 Å². The predicted octanol–water partition coefficient (Wildman–Crippen LogP) is 7.56. The first-order valence-electron chi connectivity index (χ1n) is 17.1. The molecule has 0 aliphatic carbocycles. The number of nitrogens with zero attached hydrogens (tertiary/aromatic N) is 7. The van der Waals surface area contributed by atoms with Crippen LogP contribution >= 0.6 is 0 Å². The van der Waals surface area contributed by atoms with Gasteiger partial charge in [-0.25, -0.2) is 4.98 Å². The minimum Gasteiger partial charge on any atom is -0.333 e. The van der Waals surface area contributed by atoms with Gasteiger partial charge in [0, 0.05) is 67.0 Å².